The molecule has 21 heavy (non-hydrogen) atoms. The molecule has 1 aromatic heterocycles. The molecule has 0 aliphatic heterocycles. The molecular weight excluding hydrogens is 303 g/mol. The highest BCUT2D eigenvalue weighted by molar-refractivity contribution is 6.35. The molecule has 1 atom stereocenters. The Balaban J connectivity index is 2.09. The van der Waals surface area contributed by atoms with E-state index in [1.54, 1.807) is 0 Å². The van der Waals surface area contributed by atoms with Crippen LogP contribution in [0, 0.1) is 5.92 Å². The van der Waals surface area contributed by atoms with Crippen molar-refractivity contribution in [1.82, 2.24) is 9.55 Å². The molecule has 1 aliphatic rings. The normalized spacial score (nSPS) is 18.2. The van der Waals surface area contributed by atoms with Gasteiger partial charge in [-0.2, -0.15) is 0 Å². The van der Waals surface area contributed by atoms with Crippen LogP contribution in [0.5, 0.6) is 0 Å². The zero-order valence-corrected chi connectivity index (χ0v) is 14.0. The second-order valence-electron chi connectivity index (χ2n) is 6.01. The summed E-state index contributed by atoms with van der Waals surface area (Å²) >= 11 is 12.5. The van der Waals surface area contributed by atoms with Crippen molar-refractivity contribution in [2.24, 2.45) is 5.92 Å². The molecule has 1 unspecified atom stereocenters. The lowest BCUT2D eigenvalue weighted by molar-refractivity contribution is 0.244. The molecule has 114 valence electrons. The third-order valence-corrected chi connectivity index (χ3v) is 5.35. The Morgan fingerprint density at radius 1 is 1.29 bits per heavy atom. The molecule has 2 nitrogen and oxygen atoms in total. The van der Waals surface area contributed by atoms with Crippen molar-refractivity contribution in [1.29, 1.82) is 0 Å². The Kier molecular flexibility index (Phi) is 4.75. The van der Waals surface area contributed by atoms with Gasteiger partial charge in [-0.3, -0.25) is 0 Å². The zero-order chi connectivity index (χ0) is 14.8. The van der Waals surface area contributed by atoms with Crippen molar-refractivity contribution in [2.75, 3.05) is 0 Å². The molecular formula is C17H22Cl2N2. The monoisotopic (exact) mass is 324 g/mol. The first-order chi connectivity index (χ1) is 10.3. The minimum Gasteiger partial charge on any atom is -0.324 e. The third-order valence-electron chi connectivity index (χ3n) is 4.81. The SMILES string of the molecule is CCC(C1CCCCC1)n1c(CCl)nc2c(Cl)cccc21. The molecule has 1 saturated carbocycles. The van der Waals surface area contributed by atoms with Gasteiger partial charge in [-0.1, -0.05) is 43.9 Å². The van der Waals surface area contributed by atoms with E-state index in [2.05, 4.69) is 17.6 Å². The highest BCUT2D eigenvalue weighted by atomic mass is 35.5. The molecule has 0 N–H and O–H groups in total. The molecule has 0 bridgehead atoms. The molecule has 0 amide bonds. The molecule has 1 aromatic carbocycles. The summed E-state index contributed by atoms with van der Waals surface area (Å²) in [5.74, 6) is 2.13. The lowest BCUT2D eigenvalue weighted by Gasteiger charge is -2.32. The van der Waals surface area contributed by atoms with Gasteiger partial charge >= 0.3 is 0 Å². The van der Waals surface area contributed by atoms with E-state index in [1.807, 2.05) is 12.1 Å². The maximum Gasteiger partial charge on any atom is 0.125 e. The molecule has 4 heteroatoms. The molecule has 0 radical (unpaired) electrons. The molecule has 1 fully saturated rings. The van der Waals surface area contributed by atoms with Crippen LogP contribution in [0.1, 0.15) is 57.3 Å². The number of fused-ring (bicyclic) bond motifs is 1. The minimum absolute atomic E-state index is 0.439. The third kappa shape index (κ3) is 2.80. The average Bonchev–Trinajstić information content (AvgIpc) is 2.90. The smallest absolute Gasteiger partial charge is 0.125 e. The highest BCUT2D eigenvalue weighted by Crippen LogP contribution is 2.38. The topological polar surface area (TPSA) is 17.8 Å². The van der Waals surface area contributed by atoms with Gasteiger partial charge in [0.15, 0.2) is 0 Å². The van der Waals surface area contributed by atoms with Gasteiger partial charge in [-0.25, -0.2) is 4.98 Å². The van der Waals surface area contributed by atoms with Crippen LogP contribution in [0.4, 0.5) is 0 Å². The summed E-state index contributed by atoms with van der Waals surface area (Å²) in [5, 5.41) is 0.719. The standard InChI is InChI=1S/C17H22Cl2N2/c1-2-14(12-7-4-3-5-8-12)21-15-10-6-9-13(19)17(15)20-16(21)11-18/h6,9-10,12,14H,2-5,7-8,11H2,1H3. The number of aromatic nitrogens is 2. The van der Waals surface area contributed by atoms with Crippen LogP contribution in [0.25, 0.3) is 11.0 Å². The maximum atomic E-state index is 6.31. The van der Waals surface area contributed by atoms with Crippen LogP contribution in [-0.4, -0.2) is 9.55 Å². The number of benzene rings is 1. The van der Waals surface area contributed by atoms with Crippen molar-refractivity contribution < 1.29 is 0 Å². The Morgan fingerprint density at radius 3 is 2.71 bits per heavy atom. The first-order valence-corrected chi connectivity index (χ1v) is 8.88. The van der Waals surface area contributed by atoms with E-state index >= 15 is 0 Å². The number of hydrogen-bond acceptors (Lipinski definition) is 1. The van der Waals surface area contributed by atoms with Crippen molar-refractivity contribution in [3.63, 3.8) is 0 Å². The fourth-order valence-electron chi connectivity index (χ4n) is 3.84. The molecule has 3 rings (SSSR count). The van der Waals surface area contributed by atoms with Gasteiger partial charge in [0.25, 0.3) is 0 Å². The quantitative estimate of drug-likeness (QED) is 0.634. The van der Waals surface area contributed by atoms with Gasteiger partial charge in [0.1, 0.15) is 11.3 Å². The van der Waals surface area contributed by atoms with E-state index in [-0.39, 0.29) is 0 Å². The molecule has 1 heterocycles. The second-order valence-corrected chi connectivity index (χ2v) is 6.69. The average molecular weight is 325 g/mol. The van der Waals surface area contributed by atoms with E-state index in [9.17, 15) is 0 Å². The summed E-state index contributed by atoms with van der Waals surface area (Å²) in [7, 11) is 0. The van der Waals surface area contributed by atoms with E-state index in [4.69, 9.17) is 28.2 Å². The van der Waals surface area contributed by atoms with Crippen LogP contribution in [-0.2, 0) is 5.88 Å². The molecule has 2 aromatic rings. The zero-order valence-electron chi connectivity index (χ0n) is 12.5. The van der Waals surface area contributed by atoms with Gasteiger partial charge in [0.05, 0.1) is 16.4 Å². The van der Waals surface area contributed by atoms with Crippen LogP contribution < -0.4 is 0 Å². The summed E-state index contributed by atoms with van der Waals surface area (Å²) in [6, 6.07) is 6.52. The Labute approximate surface area is 136 Å². The van der Waals surface area contributed by atoms with Crippen molar-refractivity contribution >= 4 is 34.2 Å². The summed E-state index contributed by atoms with van der Waals surface area (Å²) in [6.45, 7) is 2.27. The summed E-state index contributed by atoms with van der Waals surface area (Å²) in [4.78, 5) is 4.69. The number of alkyl halides is 1. The lowest BCUT2D eigenvalue weighted by Crippen LogP contribution is -2.22. The molecule has 0 saturated heterocycles. The summed E-state index contributed by atoms with van der Waals surface area (Å²) < 4.78 is 2.37. The second kappa shape index (κ2) is 6.58. The number of halogens is 2. The van der Waals surface area contributed by atoms with E-state index in [0.29, 0.717) is 11.9 Å². The largest absolute Gasteiger partial charge is 0.324 e. The molecule has 0 spiro atoms. The number of hydrogen-bond donors (Lipinski definition) is 0. The number of imidazole rings is 1. The Morgan fingerprint density at radius 2 is 2.05 bits per heavy atom. The van der Waals surface area contributed by atoms with Crippen LogP contribution >= 0.6 is 23.2 Å². The summed E-state index contributed by atoms with van der Waals surface area (Å²) in [6.07, 6.45) is 7.84. The lowest BCUT2D eigenvalue weighted by atomic mass is 9.82. The van der Waals surface area contributed by atoms with Crippen LogP contribution in [0.15, 0.2) is 18.2 Å². The van der Waals surface area contributed by atoms with E-state index in [0.717, 1.165) is 34.2 Å². The van der Waals surface area contributed by atoms with Gasteiger partial charge in [0.2, 0.25) is 0 Å². The van der Waals surface area contributed by atoms with E-state index < -0.39 is 0 Å². The van der Waals surface area contributed by atoms with Gasteiger partial charge in [-0.05, 0) is 37.3 Å². The predicted molar refractivity (Wildman–Crippen MR) is 90.2 cm³/mol. The van der Waals surface area contributed by atoms with E-state index in [1.165, 1.54) is 32.1 Å². The van der Waals surface area contributed by atoms with Gasteiger partial charge in [0, 0.05) is 6.04 Å². The van der Waals surface area contributed by atoms with Gasteiger partial charge < -0.3 is 4.57 Å². The first-order valence-electron chi connectivity index (χ1n) is 7.97. The highest BCUT2D eigenvalue weighted by Gasteiger charge is 2.27. The maximum absolute atomic E-state index is 6.31. The number of nitrogens with zero attached hydrogens (tertiary/aromatic N) is 2. The molecule has 1 aliphatic carbocycles. The van der Waals surface area contributed by atoms with Crippen molar-refractivity contribution in [3.8, 4) is 0 Å². The van der Waals surface area contributed by atoms with Gasteiger partial charge in [-0.15, -0.1) is 11.6 Å². The minimum atomic E-state index is 0.439. The van der Waals surface area contributed by atoms with Crippen LogP contribution in [0.2, 0.25) is 5.02 Å². The van der Waals surface area contributed by atoms with Crippen molar-refractivity contribution in [3.05, 3.63) is 29.0 Å². The Bertz CT molecular complexity index is 615. The van der Waals surface area contributed by atoms with Crippen molar-refractivity contribution in [2.45, 2.75) is 57.4 Å². The summed E-state index contributed by atoms with van der Waals surface area (Å²) in [5.41, 5.74) is 2.03. The Hall–Kier alpha value is -0.730. The number of rotatable bonds is 4. The first kappa shape index (κ1) is 15.2. The fourth-order valence-corrected chi connectivity index (χ4v) is 4.24. The fraction of sp³-hybridized carbons (Fsp3) is 0.588. The number of para-hydroxylation sites is 1. The van der Waals surface area contributed by atoms with Crippen LogP contribution in [0.3, 0.4) is 0 Å². The predicted octanol–water partition coefficient (Wildman–Crippen LogP) is 5.96.